The predicted molar refractivity (Wildman–Crippen MR) is 90.2 cm³/mol. The molecule has 0 rings (SSSR count). The van der Waals surface area contributed by atoms with E-state index >= 15 is 0 Å². The number of rotatable bonds is 15. The van der Waals surface area contributed by atoms with Gasteiger partial charge in [-0.15, -0.1) is 0 Å². The molecule has 0 spiro atoms. The fraction of sp³-hybridized carbons (Fsp3) is 1.00. The molecule has 0 aromatic heterocycles. The molecule has 0 amide bonds. The Morgan fingerprint density at radius 2 is 1.55 bits per heavy atom. The monoisotopic (exact) mass is 285 g/mol. The van der Waals surface area contributed by atoms with E-state index in [0.29, 0.717) is 18.6 Å². The third kappa shape index (κ3) is 11.7. The van der Waals surface area contributed by atoms with E-state index < -0.39 is 0 Å². The highest BCUT2D eigenvalue weighted by atomic mass is 16.3. The molecule has 2 unspecified atom stereocenters. The topological polar surface area (TPSA) is 32.3 Å². The maximum absolute atomic E-state index is 9.21. The van der Waals surface area contributed by atoms with E-state index in [-0.39, 0.29) is 0 Å². The molecule has 2 atom stereocenters. The minimum absolute atomic E-state index is 0.349. The molecule has 20 heavy (non-hydrogen) atoms. The van der Waals surface area contributed by atoms with Crippen molar-refractivity contribution in [1.29, 1.82) is 0 Å². The van der Waals surface area contributed by atoms with Crippen LogP contribution in [-0.4, -0.2) is 24.3 Å². The van der Waals surface area contributed by atoms with Crippen molar-refractivity contribution in [3.05, 3.63) is 0 Å². The summed E-state index contributed by atoms with van der Waals surface area (Å²) in [5.41, 5.74) is 0. The van der Waals surface area contributed by atoms with Crippen LogP contribution < -0.4 is 5.32 Å². The summed E-state index contributed by atoms with van der Waals surface area (Å²) in [7, 11) is 0. The van der Waals surface area contributed by atoms with E-state index in [2.05, 4.69) is 26.1 Å². The van der Waals surface area contributed by atoms with Crippen molar-refractivity contribution < 1.29 is 5.11 Å². The van der Waals surface area contributed by atoms with Gasteiger partial charge in [-0.25, -0.2) is 0 Å². The normalized spacial score (nSPS) is 14.4. The highest BCUT2D eigenvalue weighted by Crippen LogP contribution is 2.20. The second-order valence-electron chi connectivity index (χ2n) is 6.26. The van der Waals surface area contributed by atoms with Crippen molar-refractivity contribution in [2.45, 2.75) is 97.4 Å². The van der Waals surface area contributed by atoms with Crippen molar-refractivity contribution in [2.24, 2.45) is 5.92 Å². The van der Waals surface area contributed by atoms with Gasteiger partial charge in [-0.2, -0.15) is 0 Å². The molecule has 0 saturated heterocycles. The van der Waals surface area contributed by atoms with Crippen LogP contribution >= 0.6 is 0 Å². The van der Waals surface area contributed by atoms with Gasteiger partial charge in [-0.05, 0) is 38.1 Å². The number of aliphatic hydroxyl groups is 1. The summed E-state index contributed by atoms with van der Waals surface area (Å²) >= 11 is 0. The molecule has 0 aromatic carbocycles. The second-order valence-corrected chi connectivity index (χ2v) is 6.26. The lowest BCUT2D eigenvalue weighted by atomic mass is 9.90. The summed E-state index contributed by atoms with van der Waals surface area (Å²) in [5.74, 6) is 0.704. The van der Waals surface area contributed by atoms with Gasteiger partial charge in [0.05, 0.1) is 0 Å². The minimum Gasteiger partial charge on any atom is -0.396 e. The Morgan fingerprint density at radius 1 is 0.800 bits per heavy atom. The van der Waals surface area contributed by atoms with Gasteiger partial charge in [0.15, 0.2) is 0 Å². The molecule has 0 aromatic rings. The van der Waals surface area contributed by atoms with Crippen molar-refractivity contribution in [2.75, 3.05) is 13.2 Å². The van der Waals surface area contributed by atoms with Gasteiger partial charge in [0.1, 0.15) is 0 Å². The van der Waals surface area contributed by atoms with Crippen LogP contribution in [0.5, 0.6) is 0 Å². The summed E-state index contributed by atoms with van der Waals surface area (Å²) in [6.07, 6.45) is 14.1. The zero-order valence-electron chi connectivity index (χ0n) is 14.3. The molecule has 0 bridgehead atoms. The first-order chi connectivity index (χ1) is 9.78. The largest absolute Gasteiger partial charge is 0.396 e. The summed E-state index contributed by atoms with van der Waals surface area (Å²) in [4.78, 5) is 0. The van der Waals surface area contributed by atoms with E-state index in [4.69, 9.17) is 0 Å². The molecule has 2 N–H and O–H groups in total. The summed E-state index contributed by atoms with van der Waals surface area (Å²) in [5, 5.41) is 12.9. The Hall–Kier alpha value is -0.0800. The van der Waals surface area contributed by atoms with Crippen molar-refractivity contribution in [1.82, 2.24) is 5.32 Å². The van der Waals surface area contributed by atoms with Gasteiger partial charge in [0.2, 0.25) is 0 Å². The highest BCUT2D eigenvalue weighted by Gasteiger charge is 2.15. The van der Waals surface area contributed by atoms with Crippen LogP contribution in [0.2, 0.25) is 0 Å². The van der Waals surface area contributed by atoms with E-state index in [0.717, 1.165) is 13.0 Å². The molecular formula is C18H39NO. The average Bonchev–Trinajstić information content (AvgIpc) is 2.44. The van der Waals surface area contributed by atoms with Gasteiger partial charge in [0, 0.05) is 12.6 Å². The first-order valence-electron chi connectivity index (χ1n) is 9.12. The van der Waals surface area contributed by atoms with Gasteiger partial charge in [-0.1, -0.05) is 65.7 Å². The molecule has 0 aliphatic heterocycles. The molecule has 0 heterocycles. The van der Waals surface area contributed by atoms with E-state index in [9.17, 15) is 5.11 Å². The summed E-state index contributed by atoms with van der Waals surface area (Å²) < 4.78 is 0. The quantitative estimate of drug-likeness (QED) is 0.419. The maximum Gasteiger partial charge on any atom is 0.0433 e. The zero-order chi connectivity index (χ0) is 15.1. The molecule has 2 heteroatoms. The first kappa shape index (κ1) is 19.9. The van der Waals surface area contributed by atoms with Crippen LogP contribution in [0.3, 0.4) is 0 Å². The standard InChI is InChI=1S/C18H39NO/c1-4-7-8-9-10-12-18(19-14-6-3)16-17(11-5-2)13-15-20/h17-20H,4-16H2,1-3H3. The van der Waals surface area contributed by atoms with Crippen LogP contribution in [0.25, 0.3) is 0 Å². The predicted octanol–water partition coefficient (Wildman–Crippen LogP) is 4.90. The molecule has 122 valence electrons. The number of nitrogens with one attached hydrogen (secondary N) is 1. The van der Waals surface area contributed by atoms with Crippen LogP contribution in [0.15, 0.2) is 0 Å². The maximum atomic E-state index is 9.21. The fourth-order valence-corrected chi connectivity index (χ4v) is 3.02. The third-order valence-corrected chi connectivity index (χ3v) is 4.19. The van der Waals surface area contributed by atoms with Crippen LogP contribution in [0, 0.1) is 5.92 Å². The molecule has 0 radical (unpaired) electrons. The Labute approximate surface area is 127 Å². The Bertz CT molecular complexity index is 178. The number of hydrogen-bond donors (Lipinski definition) is 2. The van der Waals surface area contributed by atoms with Crippen molar-refractivity contribution in [3.63, 3.8) is 0 Å². The van der Waals surface area contributed by atoms with Gasteiger partial charge >= 0.3 is 0 Å². The number of hydrogen-bond acceptors (Lipinski definition) is 2. The van der Waals surface area contributed by atoms with Crippen LogP contribution in [-0.2, 0) is 0 Å². The smallest absolute Gasteiger partial charge is 0.0433 e. The van der Waals surface area contributed by atoms with E-state index in [1.807, 2.05) is 0 Å². The third-order valence-electron chi connectivity index (χ3n) is 4.19. The Morgan fingerprint density at radius 3 is 2.15 bits per heavy atom. The zero-order valence-corrected chi connectivity index (χ0v) is 14.3. The SMILES string of the molecule is CCCCCCCC(CC(CCC)CCO)NCCC. The van der Waals surface area contributed by atoms with Gasteiger partial charge in [-0.3, -0.25) is 0 Å². The summed E-state index contributed by atoms with van der Waals surface area (Å²) in [6, 6.07) is 0.666. The number of aliphatic hydroxyl groups excluding tert-OH is 1. The summed E-state index contributed by atoms with van der Waals surface area (Å²) in [6.45, 7) is 8.25. The molecule has 2 nitrogen and oxygen atoms in total. The van der Waals surface area contributed by atoms with Gasteiger partial charge < -0.3 is 10.4 Å². The molecular weight excluding hydrogens is 246 g/mol. The van der Waals surface area contributed by atoms with Gasteiger partial charge in [0.25, 0.3) is 0 Å². The van der Waals surface area contributed by atoms with Crippen LogP contribution in [0.4, 0.5) is 0 Å². The Balaban J connectivity index is 4.02. The molecule has 0 aliphatic carbocycles. The lowest BCUT2D eigenvalue weighted by molar-refractivity contribution is 0.232. The lowest BCUT2D eigenvalue weighted by Crippen LogP contribution is -2.32. The number of unbranched alkanes of at least 4 members (excludes halogenated alkanes) is 4. The second kappa shape index (κ2) is 15.3. The van der Waals surface area contributed by atoms with Crippen molar-refractivity contribution >= 4 is 0 Å². The molecule has 0 saturated carbocycles. The van der Waals surface area contributed by atoms with E-state index in [1.54, 1.807) is 0 Å². The van der Waals surface area contributed by atoms with Crippen molar-refractivity contribution in [3.8, 4) is 0 Å². The Kier molecular flexibility index (Phi) is 15.3. The lowest BCUT2D eigenvalue weighted by Gasteiger charge is -2.24. The first-order valence-corrected chi connectivity index (χ1v) is 9.12. The van der Waals surface area contributed by atoms with E-state index in [1.165, 1.54) is 64.2 Å². The van der Waals surface area contributed by atoms with Crippen LogP contribution in [0.1, 0.15) is 91.4 Å². The molecule has 0 fully saturated rings. The molecule has 0 aliphatic rings. The fourth-order valence-electron chi connectivity index (χ4n) is 3.02. The highest BCUT2D eigenvalue weighted by molar-refractivity contribution is 4.72. The average molecular weight is 286 g/mol. The minimum atomic E-state index is 0.349.